The van der Waals surface area contributed by atoms with Gasteiger partial charge < -0.3 is 20.1 Å². The fourth-order valence-corrected chi connectivity index (χ4v) is 2.22. The van der Waals surface area contributed by atoms with Gasteiger partial charge in [-0.05, 0) is 30.4 Å². The first-order valence-electron chi connectivity index (χ1n) is 7.08. The van der Waals surface area contributed by atoms with Crippen LogP contribution in [0.2, 0.25) is 0 Å². The molecule has 1 aromatic carbocycles. The van der Waals surface area contributed by atoms with Crippen molar-refractivity contribution in [3.05, 3.63) is 23.8 Å². The van der Waals surface area contributed by atoms with E-state index in [2.05, 4.69) is 34.9 Å². The highest BCUT2D eigenvalue weighted by Crippen LogP contribution is 2.32. The predicted molar refractivity (Wildman–Crippen MR) is 104 cm³/mol. The van der Waals surface area contributed by atoms with Gasteiger partial charge in [-0.2, -0.15) is 11.8 Å². The Bertz CT molecular complexity index is 500. The third-order valence-corrected chi connectivity index (χ3v) is 4.30. The van der Waals surface area contributed by atoms with Crippen molar-refractivity contribution in [2.45, 2.75) is 18.6 Å². The molecule has 0 aromatic heterocycles. The Morgan fingerprint density at radius 2 is 2.09 bits per heavy atom. The molecule has 22 heavy (non-hydrogen) atoms. The van der Waals surface area contributed by atoms with E-state index in [4.69, 9.17) is 9.47 Å². The Labute approximate surface area is 153 Å². The molecule has 2 rings (SSSR count). The van der Waals surface area contributed by atoms with Crippen LogP contribution in [0.25, 0.3) is 0 Å². The molecule has 0 amide bonds. The molecule has 124 valence electrons. The van der Waals surface area contributed by atoms with Crippen LogP contribution < -0.4 is 20.1 Å². The summed E-state index contributed by atoms with van der Waals surface area (Å²) >= 11 is 1.84. The van der Waals surface area contributed by atoms with Crippen molar-refractivity contribution in [1.82, 2.24) is 10.6 Å². The molecule has 0 fully saturated rings. The summed E-state index contributed by atoms with van der Waals surface area (Å²) in [5, 5.41) is 7.21. The number of thioether (sulfide) groups is 1. The van der Waals surface area contributed by atoms with Crippen LogP contribution >= 0.6 is 35.7 Å². The fraction of sp³-hybridized carbons (Fsp3) is 0.533. The van der Waals surface area contributed by atoms with Crippen LogP contribution in [0, 0.1) is 0 Å². The molecule has 0 spiro atoms. The highest BCUT2D eigenvalue weighted by Gasteiger charge is 2.12. The van der Waals surface area contributed by atoms with Gasteiger partial charge in [-0.15, -0.1) is 24.0 Å². The van der Waals surface area contributed by atoms with Gasteiger partial charge in [-0.3, -0.25) is 4.99 Å². The average Bonchev–Trinajstić information content (AvgIpc) is 2.97. The van der Waals surface area contributed by atoms with Crippen molar-refractivity contribution in [2.75, 3.05) is 33.2 Å². The van der Waals surface area contributed by atoms with Crippen LogP contribution in [-0.4, -0.2) is 44.4 Å². The highest BCUT2D eigenvalue weighted by atomic mass is 127. The molecule has 7 heteroatoms. The molecule has 1 aliphatic heterocycles. The molecule has 5 nitrogen and oxygen atoms in total. The van der Waals surface area contributed by atoms with E-state index in [1.807, 2.05) is 23.9 Å². The highest BCUT2D eigenvalue weighted by molar-refractivity contribution is 14.0. The van der Waals surface area contributed by atoms with Crippen molar-refractivity contribution in [3.8, 4) is 11.5 Å². The van der Waals surface area contributed by atoms with E-state index in [1.165, 1.54) is 5.56 Å². The molecule has 1 atom stereocenters. The Morgan fingerprint density at radius 1 is 1.32 bits per heavy atom. The van der Waals surface area contributed by atoms with Crippen molar-refractivity contribution in [1.29, 1.82) is 0 Å². The number of benzene rings is 1. The number of hydrogen-bond acceptors (Lipinski definition) is 4. The summed E-state index contributed by atoms with van der Waals surface area (Å²) in [5.74, 6) is 2.51. The topological polar surface area (TPSA) is 54.9 Å². The summed E-state index contributed by atoms with van der Waals surface area (Å²) in [6.45, 7) is 4.25. The maximum absolute atomic E-state index is 5.38. The quantitative estimate of drug-likeness (QED) is 0.407. The lowest BCUT2D eigenvalue weighted by Gasteiger charge is -2.14. The van der Waals surface area contributed by atoms with Gasteiger partial charge in [-0.25, -0.2) is 0 Å². The number of nitrogens with zero attached hydrogens (tertiary/aromatic N) is 1. The molecule has 0 saturated heterocycles. The van der Waals surface area contributed by atoms with Crippen molar-refractivity contribution >= 4 is 41.7 Å². The summed E-state index contributed by atoms with van der Waals surface area (Å²) in [5.41, 5.74) is 1.22. The standard InChI is InChI=1S/C15H23N3O2S.HI/c1-11(21-3)9-18-15(16-2)17-7-6-12-4-5-13-14(8-12)20-10-19-13;/h4-5,8,11H,6-7,9-10H2,1-3H3,(H2,16,17,18);1H. The number of hydrogen-bond donors (Lipinski definition) is 2. The molecule has 1 unspecified atom stereocenters. The molecule has 0 aliphatic carbocycles. The first-order chi connectivity index (χ1) is 10.2. The zero-order valence-corrected chi connectivity index (χ0v) is 16.4. The van der Waals surface area contributed by atoms with Crippen molar-refractivity contribution < 1.29 is 9.47 Å². The smallest absolute Gasteiger partial charge is 0.231 e. The van der Waals surface area contributed by atoms with E-state index < -0.39 is 0 Å². The van der Waals surface area contributed by atoms with E-state index >= 15 is 0 Å². The van der Waals surface area contributed by atoms with Crippen LogP contribution in [0.1, 0.15) is 12.5 Å². The Kier molecular flexibility index (Phi) is 8.77. The van der Waals surface area contributed by atoms with E-state index in [-0.39, 0.29) is 24.0 Å². The first kappa shape index (κ1) is 19.2. The van der Waals surface area contributed by atoms with Gasteiger partial charge in [0.05, 0.1) is 0 Å². The van der Waals surface area contributed by atoms with Crippen LogP contribution in [0.4, 0.5) is 0 Å². The summed E-state index contributed by atoms with van der Waals surface area (Å²) in [6, 6.07) is 6.07. The number of nitrogens with one attached hydrogen (secondary N) is 2. The minimum atomic E-state index is 0. The second-order valence-corrected chi connectivity index (χ2v) is 6.14. The number of aliphatic imine (C=N–C) groups is 1. The SMILES string of the molecule is CN=C(NCCc1ccc2c(c1)OCO2)NCC(C)SC.I. The second kappa shape index (κ2) is 10.0. The van der Waals surface area contributed by atoms with Crippen LogP contribution in [0.15, 0.2) is 23.2 Å². The van der Waals surface area contributed by atoms with E-state index in [1.54, 1.807) is 7.05 Å². The number of guanidine groups is 1. The normalized spacial score (nSPS) is 14.2. The summed E-state index contributed by atoms with van der Waals surface area (Å²) in [6.07, 6.45) is 3.03. The number of rotatable bonds is 6. The van der Waals surface area contributed by atoms with E-state index in [0.717, 1.165) is 37.0 Å². The van der Waals surface area contributed by atoms with Gasteiger partial charge in [0.15, 0.2) is 17.5 Å². The van der Waals surface area contributed by atoms with Crippen LogP contribution in [0.3, 0.4) is 0 Å². The zero-order valence-electron chi connectivity index (χ0n) is 13.2. The van der Waals surface area contributed by atoms with Gasteiger partial charge in [0.2, 0.25) is 6.79 Å². The van der Waals surface area contributed by atoms with Crippen LogP contribution in [-0.2, 0) is 6.42 Å². The third kappa shape index (κ3) is 5.75. The number of halogens is 1. The van der Waals surface area contributed by atoms with Crippen molar-refractivity contribution in [3.63, 3.8) is 0 Å². The van der Waals surface area contributed by atoms with E-state index in [0.29, 0.717) is 12.0 Å². The zero-order chi connectivity index (χ0) is 15.1. The lowest BCUT2D eigenvalue weighted by atomic mass is 10.1. The summed E-state index contributed by atoms with van der Waals surface area (Å²) in [4.78, 5) is 4.22. The predicted octanol–water partition coefficient (Wildman–Crippen LogP) is 2.49. The van der Waals surface area contributed by atoms with Gasteiger partial charge >= 0.3 is 0 Å². The molecule has 0 bridgehead atoms. The molecular formula is C15H24IN3O2S. The van der Waals surface area contributed by atoms with Gasteiger partial charge in [0, 0.05) is 25.4 Å². The van der Waals surface area contributed by atoms with Gasteiger partial charge in [0.25, 0.3) is 0 Å². The lowest BCUT2D eigenvalue weighted by Crippen LogP contribution is -2.40. The molecule has 1 aromatic rings. The lowest BCUT2D eigenvalue weighted by molar-refractivity contribution is 0.174. The average molecular weight is 437 g/mol. The Balaban J connectivity index is 0.00000242. The van der Waals surface area contributed by atoms with Gasteiger partial charge in [-0.1, -0.05) is 13.0 Å². The molecule has 1 aliphatic rings. The molecular weight excluding hydrogens is 413 g/mol. The molecule has 0 saturated carbocycles. The third-order valence-electron chi connectivity index (χ3n) is 3.33. The van der Waals surface area contributed by atoms with E-state index in [9.17, 15) is 0 Å². The largest absolute Gasteiger partial charge is 0.454 e. The minimum Gasteiger partial charge on any atom is -0.454 e. The maximum Gasteiger partial charge on any atom is 0.231 e. The first-order valence-corrected chi connectivity index (χ1v) is 8.37. The molecule has 2 N–H and O–H groups in total. The van der Waals surface area contributed by atoms with Crippen LogP contribution in [0.5, 0.6) is 11.5 Å². The summed E-state index contributed by atoms with van der Waals surface area (Å²) < 4.78 is 10.7. The number of fused-ring (bicyclic) bond motifs is 1. The number of ether oxygens (including phenoxy) is 2. The summed E-state index contributed by atoms with van der Waals surface area (Å²) in [7, 11) is 1.79. The second-order valence-electron chi connectivity index (χ2n) is 4.86. The Hall–Kier alpha value is -0.830. The molecule has 1 heterocycles. The molecule has 0 radical (unpaired) electrons. The van der Waals surface area contributed by atoms with Gasteiger partial charge in [0.1, 0.15) is 0 Å². The Morgan fingerprint density at radius 3 is 2.82 bits per heavy atom. The minimum absolute atomic E-state index is 0. The fourth-order valence-electron chi connectivity index (χ4n) is 1.97. The monoisotopic (exact) mass is 437 g/mol. The maximum atomic E-state index is 5.38. The van der Waals surface area contributed by atoms with Crippen molar-refractivity contribution in [2.24, 2.45) is 4.99 Å².